The highest BCUT2D eigenvalue weighted by molar-refractivity contribution is 5.25. The minimum Gasteiger partial charge on any atom is -0.379 e. The molecule has 154 valence electrons. The van der Waals surface area contributed by atoms with Crippen LogP contribution in [0.1, 0.15) is 43.1 Å². The molecule has 7 heteroatoms. The molecule has 0 radical (unpaired) electrons. The molecule has 0 bridgehead atoms. The first-order valence-electron chi connectivity index (χ1n) is 10.9. The summed E-state index contributed by atoms with van der Waals surface area (Å²) in [4.78, 5) is 17.0. The minimum absolute atomic E-state index is 0.214. The zero-order valence-corrected chi connectivity index (χ0v) is 17.0. The highest BCUT2D eigenvalue weighted by atomic mass is 16.5. The van der Waals surface area contributed by atoms with Crippen LogP contribution in [-0.2, 0) is 10.4 Å². The fourth-order valence-corrected chi connectivity index (χ4v) is 5.40. The number of piperidine rings is 1. The van der Waals surface area contributed by atoms with Gasteiger partial charge in [0.25, 0.3) is 0 Å². The molecule has 3 fully saturated rings. The van der Waals surface area contributed by atoms with Gasteiger partial charge in [0.15, 0.2) is 11.5 Å². The lowest BCUT2D eigenvalue weighted by Crippen LogP contribution is -2.65. The molecular formula is C22H30N6O. The van der Waals surface area contributed by atoms with Gasteiger partial charge in [0.05, 0.1) is 13.2 Å². The maximum Gasteiger partial charge on any atom is 0.165 e. The summed E-state index contributed by atoms with van der Waals surface area (Å²) >= 11 is 0. The van der Waals surface area contributed by atoms with Crippen LogP contribution in [0.5, 0.6) is 0 Å². The predicted octanol–water partition coefficient (Wildman–Crippen LogP) is 2.25. The number of hydrogen-bond donors (Lipinski definition) is 0. The van der Waals surface area contributed by atoms with Crippen molar-refractivity contribution < 1.29 is 4.74 Å². The molecule has 3 aliphatic rings. The van der Waals surface area contributed by atoms with Crippen molar-refractivity contribution in [2.24, 2.45) is 0 Å². The van der Waals surface area contributed by atoms with Gasteiger partial charge in [0.2, 0.25) is 0 Å². The van der Waals surface area contributed by atoms with E-state index in [0.717, 1.165) is 63.9 Å². The number of morpholine rings is 1. The van der Waals surface area contributed by atoms with Crippen LogP contribution < -0.4 is 0 Å². The summed E-state index contributed by atoms with van der Waals surface area (Å²) in [6.07, 6.45) is 10.5. The number of pyridine rings is 1. The summed E-state index contributed by atoms with van der Waals surface area (Å²) in [7, 11) is 0. The van der Waals surface area contributed by atoms with Gasteiger partial charge in [0, 0.05) is 62.9 Å². The summed E-state index contributed by atoms with van der Waals surface area (Å²) in [5, 5.41) is 5.16. The van der Waals surface area contributed by atoms with Crippen LogP contribution in [-0.4, -0.2) is 75.8 Å². The third-order valence-corrected chi connectivity index (χ3v) is 6.62. The van der Waals surface area contributed by atoms with Gasteiger partial charge in [-0.1, -0.05) is 12.5 Å². The van der Waals surface area contributed by atoms with Crippen LogP contribution >= 0.6 is 0 Å². The summed E-state index contributed by atoms with van der Waals surface area (Å²) < 4.78 is 5.73. The minimum atomic E-state index is -0.420. The van der Waals surface area contributed by atoms with Gasteiger partial charge < -0.3 is 4.74 Å². The number of rotatable bonds is 4. The molecule has 2 aromatic rings. The van der Waals surface area contributed by atoms with Gasteiger partial charge in [0.1, 0.15) is 0 Å². The van der Waals surface area contributed by atoms with Gasteiger partial charge in [-0.15, -0.1) is 0 Å². The first kappa shape index (κ1) is 19.1. The maximum absolute atomic E-state index is 5.73. The molecule has 7 nitrogen and oxygen atoms in total. The number of aromatic nitrogens is 3. The van der Waals surface area contributed by atoms with Crippen LogP contribution in [0.2, 0.25) is 0 Å². The molecular weight excluding hydrogens is 364 g/mol. The van der Waals surface area contributed by atoms with E-state index in [1.54, 1.807) is 0 Å². The highest BCUT2D eigenvalue weighted by Crippen LogP contribution is 2.50. The highest BCUT2D eigenvalue weighted by Gasteiger charge is 2.59. The van der Waals surface area contributed by atoms with Crippen molar-refractivity contribution in [1.29, 1.82) is 0 Å². The largest absolute Gasteiger partial charge is 0.379 e. The molecule has 2 aromatic heterocycles. The van der Waals surface area contributed by atoms with Gasteiger partial charge in [-0.3, -0.25) is 9.88 Å². The monoisotopic (exact) mass is 394 g/mol. The van der Waals surface area contributed by atoms with E-state index < -0.39 is 5.66 Å². The Hall–Kier alpha value is -1.93. The summed E-state index contributed by atoms with van der Waals surface area (Å²) in [6, 6.07) is 8.17. The molecule has 0 spiro atoms. The van der Waals surface area contributed by atoms with Crippen molar-refractivity contribution in [1.82, 2.24) is 29.9 Å². The van der Waals surface area contributed by atoms with Crippen LogP contribution in [0, 0.1) is 0 Å². The average molecular weight is 395 g/mol. The zero-order valence-electron chi connectivity index (χ0n) is 17.0. The molecule has 5 rings (SSSR count). The molecule has 5 heterocycles. The van der Waals surface area contributed by atoms with Crippen molar-refractivity contribution in [3.63, 3.8) is 0 Å². The molecule has 0 saturated carbocycles. The summed E-state index contributed by atoms with van der Waals surface area (Å²) in [6.45, 7) is 6.46. The van der Waals surface area contributed by atoms with Gasteiger partial charge in [-0.25, -0.2) is 20.0 Å². The maximum atomic E-state index is 5.73. The topological polar surface area (TPSA) is 57.6 Å². The Labute approximate surface area is 172 Å². The van der Waals surface area contributed by atoms with E-state index in [1.165, 1.54) is 19.3 Å². The fraction of sp³-hybridized carbons (Fsp3) is 0.591. The van der Waals surface area contributed by atoms with Crippen LogP contribution in [0.3, 0.4) is 0 Å². The van der Waals surface area contributed by atoms with Crippen molar-refractivity contribution in [2.75, 3.05) is 45.9 Å². The van der Waals surface area contributed by atoms with E-state index in [4.69, 9.17) is 19.7 Å². The molecule has 0 amide bonds. The van der Waals surface area contributed by atoms with Crippen molar-refractivity contribution in [3.8, 4) is 0 Å². The van der Waals surface area contributed by atoms with E-state index in [9.17, 15) is 0 Å². The SMILES string of the molecule is c1ccc(C2CCN(N3CCCCC3)C2(c2ncccn2)N2CCOCC2)nc1. The number of hydrogen-bond acceptors (Lipinski definition) is 7. The van der Waals surface area contributed by atoms with E-state index in [1.807, 2.05) is 30.7 Å². The number of nitrogens with zero attached hydrogens (tertiary/aromatic N) is 6. The Morgan fingerprint density at radius 1 is 0.828 bits per heavy atom. The third-order valence-electron chi connectivity index (χ3n) is 6.62. The van der Waals surface area contributed by atoms with E-state index in [0.29, 0.717) is 0 Å². The summed E-state index contributed by atoms with van der Waals surface area (Å²) in [5.74, 6) is 1.10. The lowest BCUT2D eigenvalue weighted by molar-refractivity contribution is -0.191. The quantitative estimate of drug-likeness (QED) is 0.788. The predicted molar refractivity (Wildman–Crippen MR) is 110 cm³/mol. The first-order chi connectivity index (χ1) is 14.4. The molecule has 0 aliphatic carbocycles. The van der Waals surface area contributed by atoms with E-state index >= 15 is 0 Å². The second kappa shape index (κ2) is 8.44. The van der Waals surface area contributed by atoms with E-state index in [2.05, 4.69) is 27.1 Å². The second-order valence-corrected chi connectivity index (χ2v) is 8.13. The number of ether oxygens (including phenoxy) is 1. The summed E-state index contributed by atoms with van der Waals surface area (Å²) in [5.41, 5.74) is 0.711. The third kappa shape index (κ3) is 3.36. The smallest absolute Gasteiger partial charge is 0.165 e. The van der Waals surface area contributed by atoms with Crippen molar-refractivity contribution in [2.45, 2.75) is 37.3 Å². The Balaban J connectivity index is 1.66. The Morgan fingerprint density at radius 3 is 2.31 bits per heavy atom. The standard InChI is InChI=1S/C22H30N6O/c1-4-12-27(13-5-1)28-14-8-19(20-7-2-3-9-23-20)22(28,21-24-10-6-11-25-21)26-15-17-29-18-16-26/h2-3,6-7,9-11,19H,1,4-5,8,12-18H2. The van der Waals surface area contributed by atoms with Gasteiger partial charge in [-0.05, 0) is 37.5 Å². The fourth-order valence-electron chi connectivity index (χ4n) is 5.40. The molecule has 0 N–H and O–H groups in total. The molecule has 29 heavy (non-hydrogen) atoms. The Kier molecular flexibility index (Phi) is 5.54. The first-order valence-corrected chi connectivity index (χ1v) is 10.9. The molecule has 2 unspecified atom stereocenters. The van der Waals surface area contributed by atoms with Crippen molar-refractivity contribution in [3.05, 3.63) is 54.4 Å². The van der Waals surface area contributed by atoms with E-state index in [-0.39, 0.29) is 5.92 Å². The van der Waals surface area contributed by atoms with Gasteiger partial charge in [-0.2, -0.15) is 0 Å². The Morgan fingerprint density at radius 2 is 1.59 bits per heavy atom. The lowest BCUT2D eigenvalue weighted by Gasteiger charge is -2.53. The molecule has 3 saturated heterocycles. The number of hydrazine groups is 1. The van der Waals surface area contributed by atoms with Crippen molar-refractivity contribution >= 4 is 0 Å². The molecule has 2 atom stereocenters. The zero-order chi connectivity index (χ0) is 19.5. The second-order valence-electron chi connectivity index (χ2n) is 8.13. The molecule has 3 aliphatic heterocycles. The van der Waals surface area contributed by atoms with Crippen LogP contribution in [0.4, 0.5) is 0 Å². The average Bonchev–Trinajstić information content (AvgIpc) is 3.23. The van der Waals surface area contributed by atoms with Crippen LogP contribution in [0.15, 0.2) is 42.9 Å². The molecule has 0 aromatic carbocycles. The normalized spacial score (nSPS) is 29.9. The Bertz CT molecular complexity index is 778. The van der Waals surface area contributed by atoms with Gasteiger partial charge >= 0.3 is 0 Å². The lowest BCUT2D eigenvalue weighted by atomic mass is 9.86. The van der Waals surface area contributed by atoms with Crippen LogP contribution in [0.25, 0.3) is 0 Å².